The highest BCUT2D eigenvalue weighted by Crippen LogP contribution is 2.26. The molecule has 0 fully saturated rings. The Hall–Kier alpha value is -4.76. The van der Waals surface area contributed by atoms with Gasteiger partial charge in [-0.1, -0.05) is 60.3 Å². The quantitative estimate of drug-likeness (QED) is 0.163. The number of carbonyl (C=O) groups excluding carboxylic acids is 1. The lowest BCUT2D eigenvalue weighted by atomic mass is 10.0. The number of thioether (sulfide) groups is 1. The summed E-state index contributed by atoms with van der Waals surface area (Å²) in [6.45, 7) is 4.00. The van der Waals surface area contributed by atoms with E-state index < -0.39 is 5.97 Å². The summed E-state index contributed by atoms with van der Waals surface area (Å²) in [5, 5.41) is 14.0. The van der Waals surface area contributed by atoms with Gasteiger partial charge in [0.1, 0.15) is 0 Å². The molecule has 188 valence electrons. The van der Waals surface area contributed by atoms with Gasteiger partial charge in [-0.2, -0.15) is 0 Å². The standard InChI is InChI=1S/C29H22N4O4S/c1-2-15-33-27(35)21-8-4-6-10-24(21)32-29(33)38-17-26(34)30-19-13-11-18(12-14-19)25-16-22(28(36)37)20-7-3-5-9-23(20)31-25/h2-14,16H,1,15,17H2,(H,30,34)(H,36,37). The van der Waals surface area contributed by atoms with Gasteiger partial charge in [-0.15, -0.1) is 6.58 Å². The number of nitrogens with one attached hydrogen (secondary N) is 1. The Balaban J connectivity index is 1.32. The molecule has 8 nitrogen and oxygen atoms in total. The molecule has 0 saturated carbocycles. The number of benzene rings is 3. The van der Waals surface area contributed by atoms with Gasteiger partial charge in [-0.05, 0) is 36.4 Å². The van der Waals surface area contributed by atoms with Gasteiger partial charge in [0.2, 0.25) is 5.91 Å². The lowest BCUT2D eigenvalue weighted by Crippen LogP contribution is -2.23. The summed E-state index contributed by atoms with van der Waals surface area (Å²) in [6.07, 6.45) is 1.62. The van der Waals surface area contributed by atoms with E-state index in [0.717, 1.165) is 5.56 Å². The molecule has 0 aliphatic rings. The number of carboxylic acid groups (broad SMARTS) is 1. The Morgan fingerprint density at radius 3 is 2.29 bits per heavy atom. The number of hydrogen-bond acceptors (Lipinski definition) is 6. The van der Waals surface area contributed by atoms with E-state index in [1.54, 1.807) is 72.8 Å². The van der Waals surface area contributed by atoms with Crippen LogP contribution < -0.4 is 10.9 Å². The molecule has 2 N–H and O–H groups in total. The van der Waals surface area contributed by atoms with Gasteiger partial charge >= 0.3 is 5.97 Å². The van der Waals surface area contributed by atoms with E-state index in [4.69, 9.17) is 0 Å². The number of pyridine rings is 1. The predicted molar refractivity (Wildman–Crippen MR) is 150 cm³/mol. The van der Waals surface area contributed by atoms with E-state index in [-0.39, 0.29) is 29.3 Å². The second-order valence-electron chi connectivity index (χ2n) is 8.41. The number of aromatic nitrogens is 3. The first-order chi connectivity index (χ1) is 18.4. The van der Waals surface area contributed by atoms with Crippen molar-refractivity contribution in [1.82, 2.24) is 14.5 Å². The van der Waals surface area contributed by atoms with Crippen LogP contribution in [0.2, 0.25) is 0 Å². The van der Waals surface area contributed by atoms with Gasteiger partial charge in [0.15, 0.2) is 5.16 Å². The van der Waals surface area contributed by atoms with E-state index >= 15 is 0 Å². The first kappa shape index (κ1) is 24.9. The number of carbonyl (C=O) groups is 2. The molecule has 9 heteroatoms. The molecule has 5 rings (SSSR count). The van der Waals surface area contributed by atoms with E-state index in [9.17, 15) is 19.5 Å². The Labute approximate surface area is 221 Å². The first-order valence-corrected chi connectivity index (χ1v) is 12.7. The van der Waals surface area contributed by atoms with Crippen LogP contribution in [0.25, 0.3) is 33.1 Å². The molecule has 2 aromatic heterocycles. The van der Waals surface area contributed by atoms with Crippen molar-refractivity contribution >= 4 is 51.1 Å². The van der Waals surface area contributed by atoms with Gasteiger partial charge < -0.3 is 10.4 Å². The number of fused-ring (bicyclic) bond motifs is 2. The molecule has 0 saturated heterocycles. The molecule has 0 bridgehead atoms. The monoisotopic (exact) mass is 522 g/mol. The van der Waals surface area contributed by atoms with Gasteiger partial charge in [0.25, 0.3) is 5.56 Å². The van der Waals surface area contributed by atoms with Crippen molar-refractivity contribution < 1.29 is 14.7 Å². The maximum atomic E-state index is 12.9. The van der Waals surface area contributed by atoms with Crippen LogP contribution in [0.5, 0.6) is 0 Å². The Kier molecular flexibility index (Phi) is 7.01. The third kappa shape index (κ3) is 5.05. The molecule has 2 heterocycles. The molecule has 0 aliphatic heterocycles. The zero-order valence-corrected chi connectivity index (χ0v) is 20.9. The topological polar surface area (TPSA) is 114 Å². The van der Waals surface area contributed by atoms with Crippen molar-refractivity contribution in [1.29, 1.82) is 0 Å². The predicted octanol–water partition coefficient (Wildman–Crippen LogP) is 5.23. The third-order valence-electron chi connectivity index (χ3n) is 5.88. The second-order valence-corrected chi connectivity index (χ2v) is 9.35. The number of aromatic carboxylic acids is 1. The minimum atomic E-state index is -1.02. The third-order valence-corrected chi connectivity index (χ3v) is 6.86. The van der Waals surface area contributed by atoms with Crippen LogP contribution in [0, 0.1) is 0 Å². The molecule has 0 spiro atoms. The summed E-state index contributed by atoms with van der Waals surface area (Å²) in [4.78, 5) is 46.5. The van der Waals surface area contributed by atoms with Gasteiger partial charge in [-0.25, -0.2) is 14.8 Å². The summed E-state index contributed by atoms with van der Waals surface area (Å²) in [6, 6.07) is 22.8. The number of allylic oxidation sites excluding steroid dienone is 1. The van der Waals surface area contributed by atoms with Crippen molar-refractivity contribution in [2.45, 2.75) is 11.7 Å². The molecular formula is C29H22N4O4S. The van der Waals surface area contributed by atoms with Crippen LogP contribution in [0.4, 0.5) is 5.69 Å². The van der Waals surface area contributed by atoms with E-state index in [2.05, 4.69) is 21.9 Å². The van der Waals surface area contributed by atoms with Gasteiger partial charge in [0, 0.05) is 23.2 Å². The summed E-state index contributed by atoms with van der Waals surface area (Å²) in [7, 11) is 0. The number of hydrogen-bond donors (Lipinski definition) is 2. The van der Waals surface area contributed by atoms with Gasteiger partial charge in [0.05, 0.1) is 33.4 Å². The molecule has 0 unspecified atom stereocenters. The number of rotatable bonds is 8. The highest BCUT2D eigenvalue weighted by Gasteiger charge is 2.14. The van der Waals surface area contributed by atoms with Crippen molar-refractivity contribution in [3.8, 4) is 11.3 Å². The zero-order chi connectivity index (χ0) is 26.6. The Morgan fingerprint density at radius 2 is 1.61 bits per heavy atom. The lowest BCUT2D eigenvalue weighted by molar-refractivity contribution is -0.113. The highest BCUT2D eigenvalue weighted by molar-refractivity contribution is 7.99. The molecule has 1 amide bonds. The SMILES string of the molecule is C=CCn1c(SCC(=O)Nc2ccc(-c3cc(C(=O)O)c4ccccc4n3)cc2)nc2ccccc2c1=O. The summed E-state index contributed by atoms with van der Waals surface area (Å²) >= 11 is 1.18. The fraction of sp³-hybridized carbons (Fsp3) is 0.0690. The maximum absolute atomic E-state index is 12.9. The number of amides is 1. The van der Waals surface area contributed by atoms with Crippen LogP contribution >= 0.6 is 11.8 Å². The fourth-order valence-corrected chi connectivity index (χ4v) is 4.91. The maximum Gasteiger partial charge on any atom is 0.336 e. The minimum Gasteiger partial charge on any atom is -0.478 e. The molecule has 3 aromatic carbocycles. The molecule has 0 aliphatic carbocycles. The molecular weight excluding hydrogens is 500 g/mol. The van der Waals surface area contributed by atoms with E-state index in [1.165, 1.54) is 16.3 Å². The van der Waals surface area contributed by atoms with Crippen LogP contribution in [-0.4, -0.2) is 37.3 Å². The summed E-state index contributed by atoms with van der Waals surface area (Å²) in [5.41, 5.74) is 2.99. The van der Waals surface area contributed by atoms with Crippen LogP contribution in [-0.2, 0) is 11.3 Å². The molecule has 0 radical (unpaired) electrons. The van der Waals surface area contributed by atoms with Crippen molar-refractivity contribution in [3.05, 3.63) is 107 Å². The molecule has 0 atom stereocenters. The average Bonchev–Trinajstić information content (AvgIpc) is 2.93. The smallest absolute Gasteiger partial charge is 0.336 e. The molecule has 38 heavy (non-hydrogen) atoms. The largest absolute Gasteiger partial charge is 0.478 e. The summed E-state index contributed by atoms with van der Waals surface area (Å²) in [5.74, 6) is -1.23. The van der Waals surface area contributed by atoms with Crippen molar-refractivity contribution in [2.75, 3.05) is 11.1 Å². The van der Waals surface area contributed by atoms with Crippen molar-refractivity contribution in [3.63, 3.8) is 0 Å². The van der Waals surface area contributed by atoms with E-state index in [1.807, 2.05) is 12.1 Å². The van der Waals surface area contributed by atoms with E-state index in [0.29, 0.717) is 38.3 Å². The number of anilines is 1. The van der Waals surface area contributed by atoms with Crippen LogP contribution in [0.15, 0.2) is 101 Å². The first-order valence-electron chi connectivity index (χ1n) is 11.7. The highest BCUT2D eigenvalue weighted by atomic mass is 32.2. The lowest BCUT2D eigenvalue weighted by Gasteiger charge is -2.12. The average molecular weight is 523 g/mol. The van der Waals surface area contributed by atoms with Crippen LogP contribution in [0.1, 0.15) is 10.4 Å². The zero-order valence-electron chi connectivity index (χ0n) is 20.1. The number of para-hydroxylation sites is 2. The number of nitrogens with zero attached hydrogens (tertiary/aromatic N) is 3. The Bertz CT molecular complexity index is 1760. The normalized spacial score (nSPS) is 10.9. The van der Waals surface area contributed by atoms with Gasteiger partial charge in [-0.3, -0.25) is 14.2 Å². The molecule has 5 aromatic rings. The van der Waals surface area contributed by atoms with Crippen LogP contribution in [0.3, 0.4) is 0 Å². The van der Waals surface area contributed by atoms with Crippen molar-refractivity contribution in [2.24, 2.45) is 0 Å². The fourth-order valence-electron chi connectivity index (χ4n) is 4.10. The second kappa shape index (κ2) is 10.7. The Morgan fingerprint density at radius 1 is 0.947 bits per heavy atom. The number of carboxylic acids is 1. The summed E-state index contributed by atoms with van der Waals surface area (Å²) < 4.78 is 1.50. The minimum absolute atomic E-state index is 0.0534.